The molecule has 1 N–H and O–H groups in total. The summed E-state index contributed by atoms with van der Waals surface area (Å²) in [6.45, 7) is 11.2. The molecule has 0 saturated heterocycles. The van der Waals surface area contributed by atoms with Crippen LogP contribution in [-0.4, -0.2) is 39.9 Å². The van der Waals surface area contributed by atoms with Gasteiger partial charge in [-0.2, -0.15) is 5.10 Å². The first-order chi connectivity index (χ1) is 10.9. The van der Waals surface area contributed by atoms with E-state index in [0.717, 1.165) is 23.1 Å². The van der Waals surface area contributed by atoms with Gasteiger partial charge in [-0.1, -0.05) is 0 Å². The minimum atomic E-state index is -0.0984. The lowest BCUT2D eigenvalue weighted by Crippen LogP contribution is -2.26. The molecule has 0 aromatic carbocycles. The molecule has 23 heavy (non-hydrogen) atoms. The zero-order chi connectivity index (χ0) is 17.0. The number of nitrogens with zero attached hydrogens (tertiary/aromatic N) is 3. The molecule has 0 aliphatic carbocycles. The molecule has 0 aliphatic heterocycles. The van der Waals surface area contributed by atoms with Crippen molar-refractivity contribution in [3.63, 3.8) is 0 Å². The summed E-state index contributed by atoms with van der Waals surface area (Å²) in [5, 5.41) is 8.15. The molecular formula is C17H26N4O2. The number of carbonyl (C=O) groups excluding carboxylic acids is 1. The summed E-state index contributed by atoms with van der Waals surface area (Å²) in [6, 6.07) is 2.10. The van der Waals surface area contributed by atoms with Crippen LogP contribution < -0.4 is 5.32 Å². The summed E-state index contributed by atoms with van der Waals surface area (Å²) in [6.07, 6.45) is 2.77. The third-order valence-electron chi connectivity index (χ3n) is 3.55. The van der Waals surface area contributed by atoms with E-state index in [4.69, 9.17) is 4.74 Å². The molecule has 6 nitrogen and oxygen atoms in total. The van der Waals surface area contributed by atoms with Gasteiger partial charge in [0.15, 0.2) is 5.65 Å². The van der Waals surface area contributed by atoms with Crippen molar-refractivity contribution >= 4 is 16.9 Å². The average Bonchev–Trinajstić information content (AvgIpc) is 2.88. The van der Waals surface area contributed by atoms with Crippen molar-refractivity contribution in [1.82, 2.24) is 20.1 Å². The largest absolute Gasteiger partial charge is 0.379 e. The van der Waals surface area contributed by atoms with E-state index < -0.39 is 0 Å². The molecule has 0 aliphatic rings. The van der Waals surface area contributed by atoms with Gasteiger partial charge in [-0.15, -0.1) is 0 Å². The van der Waals surface area contributed by atoms with E-state index in [1.165, 1.54) is 0 Å². The van der Waals surface area contributed by atoms with E-state index in [2.05, 4.69) is 29.2 Å². The SMILES string of the molecule is Cc1nc2c(cnn2C(C)C)cc1C(=O)NCCCOC(C)C. The molecule has 2 heterocycles. The normalized spacial score (nSPS) is 11.6. The van der Waals surface area contributed by atoms with Crippen LogP contribution in [0.2, 0.25) is 0 Å². The minimum absolute atomic E-state index is 0.0984. The lowest BCUT2D eigenvalue weighted by atomic mass is 10.1. The van der Waals surface area contributed by atoms with Gasteiger partial charge in [0, 0.05) is 24.6 Å². The number of fused-ring (bicyclic) bond motifs is 1. The number of hydrogen-bond donors (Lipinski definition) is 1. The number of carbonyl (C=O) groups is 1. The Balaban J connectivity index is 2.04. The number of amides is 1. The van der Waals surface area contributed by atoms with E-state index in [9.17, 15) is 4.79 Å². The van der Waals surface area contributed by atoms with Gasteiger partial charge < -0.3 is 10.1 Å². The Morgan fingerprint density at radius 3 is 2.74 bits per heavy atom. The Morgan fingerprint density at radius 2 is 2.09 bits per heavy atom. The van der Waals surface area contributed by atoms with Gasteiger partial charge in [0.25, 0.3) is 5.91 Å². The van der Waals surface area contributed by atoms with Crippen LogP contribution in [0.15, 0.2) is 12.3 Å². The topological polar surface area (TPSA) is 69.0 Å². The van der Waals surface area contributed by atoms with E-state index in [1.807, 2.05) is 31.5 Å². The second-order valence-corrected chi connectivity index (χ2v) is 6.25. The number of ether oxygens (including phenoxy) is 1. The van der Waals surface area contributed by atoms with E-state index in [0.29, 0.717) is 18.7 Å². The van der Waals surface area contributed by atoms with Crippen LogP contribution in [0.5, 0.6) is 0 Å². The van der Waals surface area contributed by atoms with Gasteiger partial charge >= 0.3 is 0 Å². The van der Waals surface area contributed by atoms with Crippen LogP contribution in [0, 0.1) is 6.92 Å². The van der Waals surface area contributed by atoms with Crippen molar-refractivity contribution in [1.29, 1.82) is 0 Å². The maximum absolute atomic E-state index is 12.3. The third-order valence-corrected chi connectivity index (χ3v) is 3.55. The second-order valence-electron chi connectivity index (χ2n) is 6.25. The minimum Gasteiger partial charge on any atom is -0.379 e. The van der Waals surface area contributed by atoms with E-state index >= 15 is 0 Å². The quantitative estimate of drug-likeness (QED) is 0.797. The van der Waals surface area contributed by atoms with E-state index in [1.54, 1.807) is 6.20 Å². The van der Waals surface area contributed by atoms with Crippen LogP contribution in [0.1, 0.15) is 56.2 Å². The third kappa shape index (κ3) is 4.28. The van der Waals surface area contributed by atoms with Crippen molar-refractivity contribution < 1.29 is 9.53 Å². The lowest BCUT2D eigenvalue weighted by molar-refractivity contribution is 0.0757. The van der Waals surface area contributed by atoms with E-state index in [-0.39, 0.29) is 18.1 Å². The van der Waals surface area contributed by atoms with Gasteiger partial charge in [0.2, 0.25) is 0 Å². The monoisotopic (exact) mass is 318 g/mol. The van der Waals surface area contributed by atoms with Crippen molar-refractivity contribution in [2.75, 3.05) is 13.2 Å². The van der Waals surface area contributed by atoms with Crippen LogP contribution in [0.3, 0.4) is 0 Å². The molecular weight excluding hydrogens is 292 g/mol. The number of nitrogens with one attached hydrogen (secondary N) is 1. The summed E-state index contributed by atoms with van der Waals surface area (Å²) >= 11 is 0. The molecule has 0 unspecified atom stereocenters. The highest BCUT2D eigenvalue weighted by Crippen LogP contribution is 2.19. The number of aryl methyl sites for hydroxylation is 1. The van der Waals surface area contributed by atoms with Gasteiger partial charge in [-0.3, -0.25) is 4.79 Å². The zero-order valence-corrected chi connectivity index (χ0v) is 14.6. The molecule has 2 rings (SSSR count). The lowest BCUT2D eigenvalue weighted by Gasteiger charge is -2.10. The fraction of sp³-hybridized carbons (Fsp3) is 0.588. The molecule has 2 aromatic heterocycles. The zero-order valence-electron chi connectivity index (χ0n) is 14.6. The first-order valence-corrected chi connectivity index (χ1v) is 8.14. The first-order valence-electron chi connectivity index (χ1n) is 8.14. The highest BCUT2D eigenvalue weighted by molar-refractivity contribution is 5.98. The molecule has 2 aromatic rings. The number of rotatable bonds is 7. The number of pyridine rings is 1. The van der Waals surface area contributed by atoms with Crippen LogP contribution in [0.4, 0.5) is 0 Å². The second kappa shape index (κ2) is 7.55. The molecule has 1 amide bonds. The standard InChI is InChI=1S/C17H26N4O2/c1-11(2)21-16-14(10-19-21)9-15(13(5)20-16)17(22)18-7-6-8-23-12(3)4/h9-12H,6-8H2,1-5H3,(H,18,22). The Hall–Kier alpha value is -1.95. The first kappa shape index (κ1) is 17.4. The molecule has 0 saturated carbocycles. The average molecular weight is 318 g/mol. The smallest absolute Gasteiger partial charge is 0.253 e. The molecule has 0 fully saturated rings. The molecule has 126 valence electrons. The van der Waals surface area contributed by atoms with Gasteiger partial charge in [0.1, 0.15) is 0 Å². The van der Waals surface area contributed by atoms with Gasteiger partial charge in [0.05, 0.1) is 23.6 Å². The molecule has 0 bridgehead atoms. The van der Waals surface area contributed by atoms with Crippen LogP contribution in [-0.2, 0) is 4.74 Å². The van der Waals surface area contributed by atoms with Gasteiger partial charge in [-0.05, 0) is 47.1 Å². The van der Waals surface area contributed by atoms with Crippen molar-refractivity contribution in [2.45, 2.75) is 53.2 Å². The summed E-state index contributed by atoms with van der Waals surface area (Å²) < 4.78 is 7.33. The van der Waals surface area contributed by atoms with Crippen LogP contribution in [0.25, 0.3) is 11.0 Å². The van der Waals surface area contributed by atoms with Gasteiger partial charge in [-0.25, -0.2) is 9.67 Å². The number of hydrogen-bond acceptors (Lipinski definition) is 4. The highest BCUT2D eigenvalue weighted by atomic mass is 16.5. The van der Waals surface area contributed by atoms with Crippen molar-refractivity contribution in [3.05, 3.63) is 23.5 Å². The predicted octanol–water partition coefficient (Wildman–Crippen LogP) is 2.87. The summed E-state index contributed by atoms with van der Waals surface area (Å²) in [5.74, 6) is -0.0984. The van der Waals surface area contributed by atoms with Crippen molar-refractivity contribution in [2.24, 2.45) is 0 Å². The molecule has 0 radical (unpaired) electrons. The predicted molar refractivity (Wildman–Crippen MR) is 90.7 cm³/mol. The fourth-order valence-electron chi connectivity index (χ4n) is 2.36. The molecule has 0 atom stereocenters. The maximum Gasteiger partial charge on any atom is 0.253 e. The maximum atomic E-state index is 12.3. The van der Waals surface area contributed by atoms with Crippen LogP contribution >= 0.6 is 0 Å². The Bertz CT molecular complexity index is 677. The molecule has 0 spiro atoms. The number of aromatic nitrogens is 3. The van der Waals surface area contributed by atoms with Crippen molar-refractivity contribution in [3.8, 4) is 0 Å². The fourth-order valence-corrected chi connectivity index (χ4v) is 2.36. The highest BCUT2D eigenvalue weighted by Gasteiger charge is 2.14. The summed E-state index contributed by atoms with van der Waals surface area (Å²) in [7, 11) is 0. The Labute approximate surface area is 137 Å². The Morgan fingerprint density at radius 1 is 1.35 bits per heavy atom. The summed E-state index contributed by atoms with van der Waals surface area (Å²) in [4.78, 5) is 16.9. The summed E-state index contributed by atoms with van der Waals surface area (Å²) in [5.41, 5.74) is 2.14. The Kier molecular flexibility index (Phi) is 5.71. The molecule has 6 heteroatoms.